The SMILES string of the molecule is CN(C[C@H]1CC[C@H](c2nc3cc(C(C)(C)O)c(NC(=O)c4cccc(C(F)(F)F)n4)cc3s2)CC1)[C@H]1CC[C@H](Nc2cccc3c2C(=O)N(C2CCC(=O)NC2=O)C3=O)CC1. The molecule has 4 aromatic rings. The Balaban J connectivity index is 0.846. The van der Waals surface area contributed by atoms with Crippen molar-refractivity contribution >= 4 is 62.5 Å². The first-order valence-corrected chi connectivity index (χ1v) is 21.6. The van der Waals surface area contributed by atoms with Gasteiger partial charge in [-0.1, -0.05) is 12.1 Å². The van der Waals surface area contributed by atoms with E-state index in [1.807, 2.05) is 0 Å². The normalized spacial score (nSPS) is 23.7. The lowest BCUT2D eigenvalue weighted by Gasteiger charge is -2.38. The van der Waals surface area contributed by atoms with Crippen molar-refractivity contribution < 1.29 is 42.3 Å². The highest BCUT2D eigenvalue weighted by Crippen LogP contribution is 2.42. The van der Waals surface area contributed by atoms with Crippen LogP contribution in [0, 0.1) is 5.92 Å². The van der Waals surface area contributed by atoms with E-state index in [2.05, 4.69) is 32.9 Å². The minimum atomic E-state index is -4.70. The number of halogens is 3. The Hall–Kier alpha value is -5.26. The maximum atomic E-state index is 13.6. The number of anilines is 2. The minimum Gasteiger partial charge on any atom is -0.386 e. The van der Waals surface area contributed by atoms with E-state index in [-0.39, 0.29) is 47.3 Å². The molecule has 1 atom stereocenters. The van der Waals surface area contributed by atoms with E-state index in [0.29, 0.717) is 28.7 Å². The van der Waals surface area contributed by atoms with Crippen LogP contribution in [0.15, 0.2) is 48.5 Å². The van der Waals surface area contributed by atoms with Crippen LogP contribution in [0.1, 0.15) is 131 Å². The monoisotopic (exact) mass is 859 g/mol. The molecule has 4 heterocycles. The smallest absolute Gasteiger partial charge is 0.386 e. The van der Waals surface area contributed by atoms with Crippen molar-refractivity contribution in [2.24, 2.45) is 5.92 Å². The van der Waals surface area contributed by atoms with E-state index in [1.165, 1.54) is 17.4 Å². The summed E-state index contributed by atoms with van der Waals surface area (Å²) in [5, 5.41) is 20.4. The summed E-state index contributed by atoms with van der Waals surface area (Å²) in [6.07, 6.45) is 3.26. The molecule has 322 valence electrons. The summed E-state index contributed by atoms with van der Waals surface area (Å²) in [6.45, 7) is 4.13. The van der Waals surface area contributed by atoms with Crippen LogP contribution >= 0.6 is 11.3 Å². The molecule has 1 saturated heterocycles. The van der Waals surface area contributed by atoms with E-state index >= 15 is 0 Å². The Morgan fingerprint density at radius 3 is 2.33 bits per heavy atom. The summed E-state index contributed by atoms with van der Waals surface area (Å²) in [5.74, 6) is -2.11. The summed E-state index contributed by atoms with van der Waals surface area (Å²) in [5.41, 5.74) is -0.449. The Labute approximate surface area is 354 Å². The summed E-state index contributed by atoms with van der Waals surface area (Å²) in [6, 6.07) is 11.3. The molecule has 4 N–H and O–H groups in total. The van der Waals surface area contributed by atoms with Gasteiger partial charge >= 0.3 is 6.18 Å². The van der Waals surface area contributed by atoms with Gasteiger partial charge in [0.05, 0.1) is 32.0 Å². The number of benzene rings is 2. The third-order valence-electron chi connectivity index (χ3n) is 12.6. The molecule has 0 radical (unpaired) electrons. The number of alkyl halides is 3. The fourth-order valence-electron chi connectivity index (χ4n) is 9.35. The average Bonchev–Trinajstić information content (AvgIpc) is 3.75. The molecule has 2 aromatic heterocycles. The van der Waals surface area contributed by atoms with Crippen molar-refractivity contribution in [2.75, 3.05) is 24.2 Å². The Kier molecular flexibility index (Phi) is 11.5. The first kappa shape index (κ1) is 42.4. The number of rotatable bonds is 10. The average molecular weight is 860 g/mol. The van der Waals surface area contributed by atoms with Gasteiger partial charge in [-0.3, -0.25) is 34.2 Å². The lowest BCUT2D eigenvalue weighted by molar-refractivity contribution is -0.141. The van der Waals surface area contributed by atoms with Gasteiger partial charge in [-0.25, -0.2) is 9.97 Å². The first-order chi connectivity index (χ1) is 28.9. The molecule has 61 heavy (non-hydrogen) atoms. The van der Waals surface area contributed by atoms with Crippen LogP contribution in [-0.4, -0.2) is 86.1 Å². The number of nitrogens with one attached hydrogen (secondary N) is 3. The number of piperidine rings is 1. The van der Waals surface area contributed by atoms with Crippen LogP contribution in [0.25, 0.3) is 10.2 Å². The summed E-state index contributed by atoms with van der Waals surface area (Å²) in [7, 11) is 2.19. The molecule has 2 aliphatic carbocycles. The predicted octanol–water partition coefficient (Wildman–Crippen LogP) is 7.22. The van der Waals surface area contributed by atoms with Crippen LogP contribution < -0.4 is 16.0 Å². The zero-order valence-electron chi connectivity index (χ0n) is 34.1. The number of aromatic nitrogens is 2. The van der Waals surface area contributed by atoms with E-state index in [1.54, 1.807) is 44.2 Å². The highest BCUT2D eigenvalue weighted by atomic mass is 32.1. The fraction of sp³-hybridized carbons (Fsp3) is 0.477. The van der Waals surface area contributed by atoms with E-state index in [4.69, 9.17) is 4.98 Å². The number of hydrogen-bond acceptors (Lipinski definition) is 11. The van der Waals surface area contributed by atoms with Crippen molar-refractivity contribution in [3.05, 3.63) is 81.6 Å². The summed E-state index contributed by atoms with van der Waals surface area (Å²) in [4.78, 5) is 76.1. The number of fused-ring (bicyclic) bond motifs is 2. The standard InChI is InChI=1S/C44H48F3N7O6S/c1-43(2,60)28-20-32-34(21-31(28)50-38(56)30-8-5-9-35(49-30)44(45,46)47)61-40(51-32)24-12-10-23(11-13-24)22-53(3)26-16-14-25(15-17-26)48-29-7-4-6-27-37(29)42(59)54(41(27)58)33-18-19-36(55)52-39(33)57/h4-9,20-21,23-26,33,48,60H,10-19,22H2,1-3H3,(H,50,56)(H,52,55,57)/t23-,24-,25-,26-,33?. The molecule has 17 heteroatoms. The third-order valence-corrected chi connectivity index (χ3v) is 13.8. The van der Waals surface area contributed by atoms with E-state index < -0.39 is 53.0 Å². The maximum Gasteiger partial charge on any atom is 0.433 e. The van der Waals surface area contributed by atoms with Gasteiger partial charge in [0.15, 0.2) is 0 Å². The molecular formula is C44H48F3N7O6S. The predicted molar refractivity (Wildman–Crippen MR) is 222 cm³/mol. The number of aliphatic hydroxyl groups is 1. The van der Waals surface area contributed by atoms with E-state index in [9.17, 15) is 42.3 Å². The van der Waals surface area contributed by atoms with Gasteiger partial charge in [0.2, 0.25) is 11.8 Å². The first-order valence-electron chi connectivity index (χ1n) is 20.8. The van der Waals surface area contributed by atoms with Crippen LogP contribution in [-0.2, 0) is 21.4 Å². The highest BCUT2D eigenvalue weighted by molar-refractivity contribution is 7.18. The van der Waals surface area contributed by atoms with Gasteiger partial charge in [0.1, 0.15) is 17.4 Å². The molecule has 2 aliphatic heterocycles. The number of thiazole rings is 1. The number of pyridine rings is 1. The number of amides is 5. The third kappa shape index (κ3) is 8.77. The van der Waals surface area contributed by atoms with Gasteiger partial charge in [-0.05, 0) is 121 Å². The van der Waals surface area contributed by atoms with Crippen LogP contribution in [0.2, 0.25) is 0 Å². The highest BCUT2D eigenvalue weighted by Gasteiger charge is 2.46. The molecule has 5 amide bonds. The molecule has 1 unspecified atom stereocenters. The van der Waals surface area contributed by atoms with E-state index in [0.717, 1.165) is 84.7 Å². The largest absolute Gasteiger partial charge is 0.433 e. The lowest BCUT2D eigenvalue weighted by atomic mass is 9.81. The quantitative estimate of drug-likeness (QED) is 0.119. The topological polar surface area (TPSA) is 174 Å². The molecular weight excluding hydrogens is 812 g/mol. The summed E-state index contributed by atoms with van der Waals surface area (Å²) < 4.78 is 40.6. The van der Waals surface area contributed by atoms with Crippen molar-refractivity contribution in [1.82, 2.24) is 25.1 Å². The number of carbonyl (C=O) groups excluding carboxylic acids is 5. The van der Waals surface area contributed by atoms with Gasteiger partial charge in [0.25, 0.3) is 17.7 Å². The zero-order valence-corrected chi connectivity index (χ0v) is 34.9. The van der Waals surface area contributed by atoms with Gasteiger partial charge in [-0.2, -0.15) is 13.2 Å². The molecule has 13 nitrogen and oxygen atoms in total. The van der Waals surface area contributed by atoms with Crippen molar-refractivity contribution in [3.8, 4) is 0 Å². The second kappa shape index (κ2) is 16.5. The number of carbonyl (C=O) groups is 5. The Bertz CT molecular complexity index is 2400. The number of nitrogens with zero attached hydrogens (tertiary/aromatic N) is 4. The van der Waals surface area contributed by atoms with Crippen LogP contribution in [0.3, 0.4) is 0 Å². The van der Waals surface area contributed by atoms with Gasteiger partial charge in [0, 0.05) is 47.9 Å². The van der Waals surface area contributed by atoms with Crippen LogP contribution in [0.5, 0.6) is 0 Å². The summed E-state index contributed by atoms with van der Waals surface area (Å²) >= 11 is 1.53. The Morgan fingerprint density at radius 1 is 0.918 bits per heavy atom. The van der Waals surface area contributed by atoms with Crippen LogP contribution in [0.4, 0.5) is 24.5 Å². The fourth-order valence-corrected chi connectivity index (χ4v) is 10.5. The second-order valence-electron chi connectivity index (χ2n) is 17.3. The molecule has 0 bridgehead atoms. The molecule has 2 aromatic carbocycles. The lowest BCUT2D eigenvalue weighted by Crippen LogP contribution is -2.54. The van der Waals surface area contributed by atoms with Gasteiger partial charge in [-0.15, -0.1) is 11.3 Å². The minimum absolute atomic E-state index is 0.0661. The Morgan fingerprint density at radius 2 is 1.64 bits per heavy atom. The number of imide groups is 2. The van der Waals surface area contributed by atoms with Crippen molar-refractivity contribution in [3.63, 3.8) is 0 Å². The molecule has 0 spiro atoms. The molecule has 4 aliphatic rings. The zero-order chi connectivity index (χ0) is 43.4. The van der Waals surface area contributed by atoms with Crippen molar-refractivity contribution in [2.45, 2.75) is 114 Å². The molecule has 8 rings (SSSR count). The van der Waals surface area contributed by atoms with Gasteiger partial charge < -0.3 is 20.6 Å². The second-order valence-corrected chi connectivity index (χ2v) is 18.4. The number of hydrogen-bond donors (Lipinski definition) is 4. The molecule has 3 fully saturated rings. The van der Waals surface area contributed by atoms with Crippen molar-refractivity contribution in [1.29, 1.82) is 0 Å². The molecule has 2 saturated carbocycles. The maximum absolute atomic E-state index is 13.6.